The van der Waals surface area contributed by atoms with Gasteiger partial charge in [0.1, 0.15) is 17.3 Å². The molecular formula is C16H19N3O5S. The predicted molar refractivity (Wildman–Crippen MR) is 91.2 cm³/mol. The first kappa shape index (κ1) is 17.4. The molecule has 134 valence electrons. The van der Waals surface area contributed by atoms with Gasteiger partial charge in [-0.2, -0.15) is 8.42 Å². The van der Waals surface area contributed by atoms with Crippen LogP contribution in [0.4, 0.5) is 5.69 Å². The summed E-state index contributed by atoms with van der Waals surface area (Å²) < 4.78 is 33.4. The van der Waals surface area contributed by atoms with E-state index < -0.39 is 21.9 Å². The second-order valence-electron chi connectivity index (χ2n) is 5.89. The molecule has 0 unspecified atom stereocenters. The van der Waals surface area contributed by atoms with E-state index in [0.717, 1.165) is 19.3 Å². The zero-order chi connectivity index (χ0) is 18.0. The van der Waals surface area contributed by atoms with Crippen LogP contribution in [-0.4, -0.2) is 46.3 Å². The molecule has 9 heteroatoms. The fourth-order valence-corrected chi connectivity index (χ4v) is 4.23. The lowest BCUT2D eigenvalue weighted by molar-refractivity contribution is -0.139. The van der Waals surface area contributed by atoms with Gasteiger partial charge < -0.3 is 15.0 Å². The van der Waals surface area contributed by atoms with E-state index in [1.54, 1.807) is 12.1 Å². The minimum atomic E-state index is -3.85. The lowest BCUT2D eigenvalue weighted by atomic mass is 10.1. The number of methoxy groups -OCH3 is 1. The maximum absolute atomic E-state index is 12.5. The van der Waals surface area contributed by atoms with Crippen LogP contribution < -0.4 is 10.2 Å². The number of amides is 1. The first-order chi connectivity index (χ1) is 11.9. The number of esters is 1. The van der Waals surface area contributed by atoms with E-state index in [2.05, 4.69) is 14.5 Å². The van der Waals surface area contributed by atoms with E-state index in [0.29, 0.717) is 24.5 Å². The Morgan fingerprint density at radius 3 is 2.84 bits per heavy atom. The standard InChI is InChI=1S/C16H19N3O5S/c1-24-15(20)10-17-16(21)11-6-7-12-13(9-11)25(22,23)18-14-5-3-2-4-8-19(12)14/h6-7,9H,2-5,8,10H2,1H3,(H,17,21). The number of amidine groups is 1. The highest BCUT2D eigenvalue weighted by Gasteiger charge is 2.32. The highest BCUT2D eigenvalue weighted by molar-refractivity contribution is 7.90. The third kappa shape index (κ3) is 3.51. The molecule has 1 saturated heterocycles. The van der Waals surface area contributed by atoms with E-state index >= 15 is 0 Å². The molecule has 2 heterocycles. The van der Waals surface area contributed by atoms with Gasteiger partial charge in [-0.25, -0.2) is 0 Å². The van der Waals surface area contributed by atoms with Crippen molar-refractivity contribution in [2.24, 2.45) is 4.40 Å². The Morgan fingerprint density at radius 1 is 1.28 bits per heavy atom. The summed E-state index contributed by atoms with van der Waals surface area (Å²) in [5, 5.41) is 2.39. The Morgan fingerprint density at radius 2 is 2.08 bits per heavy atom. The number of benzene rings is 1. The molecule has 8 nitrogen and oxygen atoms in total. The minimum Gasteiger partial charge on any atom is -0.468 e. The summed E-state index contributed by atoms with van der Waals surface area (Å²) in [6.45, 7) is 0.419. The van der Waals surface area contributed by atoms with Crippen molar-refractivity contribution in [1.29, 1.82) is 0 Å². The van der Waals surface area contributed by atoms with E-state index in [1.807, 2.05) is 4.90 Å². The number of ether oxygens (including phenoxy) is 1. The van der Waals surface area contributed by atoms with Crippen molar-refractivity contribution in [2.75, 3.05) is 25.1 Å². The van der Waals surface area contributed by atoms with Crippen LogP contribution in [0.15, 0.2) is 27.5 Å². The van der Waals surface area contributed by atoms with Gasteiger partial charge >= 0.3 is 5.97 Å². The van der Waals surface area contributed by atoms with Gasteiger partial charge in [-0.15, -0.1) is 4.40 Å². The summed E-state index contributed by atoms with van der Waals surface area (Å²) in [5.74, 6) is -0.570. The number of hydrogen-bond donors (Lipinski definition) is 1. The van der Waals surface area contributed by atoms with Crippen LogP contribution in [0.1, 0.15) is 36.0 Å². The molecule has 0 bridgehead atoms. The van der Waals surface area contributed by atoms with Gasteiger partial charge in [-0.05, 0) is 31.0 Å². The van der Waals surface area contributed by atoms with Crippen molar-refractivity contribution in [1.82, 2.24) is 5.32 Å². The molecule has 25 heavy (non-hydrogen) atoms. The van der Waals surface area contributed by atoms with Crippen molar-refractivity contribution >= 4 is 33.4 Å². The molecule has 3 rings (SSSR count). The molecule has 1 aromatic carbocycles. The Kier molecular flexibility index (Phi) is 4.76. The Labute approximate surface area is 145 Å². The second-order valence-corrected chi connectivity index (χ2v) is 7.46. The second kappa shape index (κ2) is 6.83. The van der Waals surface area contributed by atoms with Crippen LogP contribution in [-0.2, 0) is 19.6 Å². The highest BCUT2D eigenvalue weighted by atomic mass is 32.2. The van der Waals surface area contributed by atoms with Crippen molar-refractivity contribution in [2.45, 2.75) is 30.6 Å². The number of anilines is 1. The third-order valence-corrected chi connectivity index (χ3v) is 5.56. The summed E-state index contributed by atoms with van der Waals surface area (Å²) in [5.41, 5.74) is 0.705. The number of hydrogen-bond acceptors (Lipinski definition) is 6. The minimum absolute atomic E-state index is 0.0175. The van der Waals surface area contributed by atoms with E-state index in [4.69, 9.17) is 0 Å². The van der Waals surface area contributed by atoms with Gasteiger partial charge in [-0.1, -0.05) is 6.42 Å². The van der Waals surface area contributed by atoms with E-state index in [1.165, 1.54) is 13.2 Å². The average molecular weight is 365 g/mol. The maximum Gasteiger partial charge on any atom is 0.325 e. The van der Waals surface area contributed by atoms with Crippen LogP contribution in [0.5, 0.6) is 0 Å². The molecule has 0 atom stereocenters. The Hall–Kier alpha value is -2.42. The van der Waals surface area contributed by atoms with Gasteiger partial charge in [0, 0.05) is 18.5 Å². The van der Waals surface area contributed by atoms with Crippen molar-refractivity contribution in [3.8, 4) is 0 Å². The molecule has 0 radical (unpaired) electrons. The third-order valence-electron chi connectivity index (χ3n) is 4.23. The lowest BCUT2D eigenvalue weighted by Gasteiger charge is -2.29. The first-order valence-corrected chi connectivity index (χ1v) is 9.47. The number of rotatable bonds is 3. The van der Waals surface area contributed by atoms with Gasteiger partial charge in [0.05, 0.1) is 12.8 Å². The molecule has 0 aromatic heterocycles. The Bertz CT molecular complexity index is 847. The lowest BCUT2D eigenvalue weighted by Crippen LogP contribution is -2.35. The maximum atomic E-state index is 12.5. The first-order valence-electron chi connectivity index (χ1n) is 8.03. The quantitative estimate of drug-likeness (QED) is 0.804. The number of carbonyl (C=O) groups is 2. The van der Waals surface area contributed by atoms with Crippen LogP contribution in [0, 0.1) is 0 Å². The predicted octanol–water partition coefficient (Wildman–Crippen LogP) is 1.07. The number of sulfonamides is 1. The van der Waals surface area contributed by atoms with Gasteiger partial charge in [0.2, 0.25) is 0 Å². The fraction of sp³-hybridized carbons (Fsp3) is 0.438. The zero-order valence-electron chi connectivity index (χ0n) is 13.8. The van der Waals surface area contributed by atoms with Crippen LogP contribution in [0.2, 0.25) is 0 Å². The molecule has 1 N–H and O–H groups in total. The summed E-state index contributed by atoms with van der Waals surface area (Å²) in [6, 6.07) is 4.48. The SMILES string of the molecule is COC(=O)CNC(=O)c1ccc2c(c1)S(=O)(=O)N=C1CCCCCN12. The fourth-order valence-electron chi connectivity index (χ4n) is 2.95. The topological polar surface area (TPSA) is 105 Å². The molecular weight excluding hydrogens is 346 g/mol. The highest BCUT2D eigenvalue weighted by Crippen LogP contribution is 2.34. The van der Waals surface area contributed by atoms with Crippen molar-refractivity contribution in [3.63, 3.8) is 0 Å². The van der Waals surface area contributed by atoms with Crippen LogP contribution in [0.25, 0.3) is 0 Å². The van der Waals surface area contributed by atoms with Crippen LogP contribution in [0.3, 0.4) is 0 Å². The largest absolute Gasteiger partial charge is 0.468 e. The number of carbonyl (C=O) groups excluding carboxylic acids is 2. The molecule has 0 aliphatic carbocycles. The summed E-state index contributed by atoms with van der Waals surface area (Å²) in [4.78, 5) is 25.2. The average Bonchev–Trinajstić information content (AvgIpc) is 2.83. The van der Waals surface area contributed by atoms with Crippen molar-refractivity contribution < 1.29 is 22.7 Å². The number of nitrogens with zero attached hydrogens (tertiary/aromatic N) is 2. The van der Waals surface area contributed by atoms with Gasteiger partial charge in [0.15, 0.2) is 0 Å². The number of fused-ring (bicyclic) bond motifs is 3. The molecule has 1 amide bonds. The molecule has 2 aliphatic heterocycles. The normalized spacial score (nSPS) is 18.3. The molecule has 1 aromatic rings. The molecule has 0 spiro atoms. The van der Waals surface area contributed by atoms with Crippen molar-refractivity contribution in [3.05, 3.63) is 23.8 Å². The zero-order valence-corrected chi connectivity index (χ0v) is 14.6. The Balaban J connectivity index is 1.93. The van der Waals surface area contributed by atoms with E-state index in [9.17, 15) is 18.0 Å². The molecule has 0 saturated carbocycles. The molecule has 1 fully saturated rings. The van der Waals surface area contributed by atoms with E-state index in [-0.39, 0.29) is 17.0 Å². The number of nitrogens with one attached hydrogen (secondary N) is 1. The van der Waals surface area contributed by atoms with Gasteiger partial charge in [-0.3, -0.25) is 9.59 Å². The smallest absolute Gasteiger partial charge is 0.325 e. The monoisotopic (exact) mass is 365 g/mol. The summed E-state index contributed by atoms with van der Waals surface area (Å²) >= 11 is 0. The molecule has 2 aliphatic rings. The summed E-state index contributed by atoms with van der Waals surface area (Å²) in [6.07, 6.45) is 3.52. The summed E-state index contributed by atoms with van der Waals surface area (Å²) in [7, 11) is -2.63. The van der Waals surface area contributed by atoms with Gasteiger partial charge in [0.25, 0.3) is 15.9 Å². The van der Waals surface area contributed by atoms with Crippen LogP contribution >= 0.6 is 0 Å².